The van der Waals surface area contributed by atoms with E-state index in [0.29, 0.717) is 19.6 Å². The van der Waals surface area contributed by atoms with Gasteiger partial charge in [-0.1, -0.05) is 17.7 Å². The van der Waals surface area contributed by atoms with E-state index >= 15 is 0 Å². The monoisotopic (exact) mass is 416 g/mol. The van der Waals surface area contributed by atoms with Gasteiger partial charge < -0.3 is 9.47 Å². The van der Waals surface area contributed by atoms with Gasteiger partial charge in [-0.2, -0.15) is 0 Å². The van der Waals surface area contributed by atoms with E-state index in [9.17, 15) is 9.18 Å². The van der Waals surface area contributed by atoms with Crippen molar-refractivity contribution < 1.29 is 18.7 Å². The number of nitrogens with zero attached hydrogens (tertiary/aromatic N) is 2. The molecule has 7 heteroatoms. The van der Waals surface area contributed by atoms with Crippen molar-refractivity contribution in [3.8, 4) is 0 Å². The number of halogens is 2. The Morgan fingerprint density at radius 1 is 1.17 bits per heavy atom. The highest BCUT2D eigenvalue weighted by Crippen LogP contribution is 2.72. The van der Waals surface area contributed by atoms with Gasteiger partial charge in [0.05, 0.1) is 23.8 Å². The third-order valence-electron chi connectivity index (χ3n) is 7.64. The van der Waals surface area contributed by atoms with E-state index in [1.807, 2.05) is 23.4 Å². The summed E-state index contributed by atoms with van der Waals surface area (Å²) < 4.78 is 25.5. The molecule has 5 fully saturated rings. The van der Waals surface area contributed by atoms with Crippen LogP contribution in [0.1, 0.15) is 37.7 Å². The van der Waals surface area contributed by atoms with Crippen LogP contribution in [-0.2, 0) is 14.9 Å². The van der Waals surface area contributed by atoms with Crippen LogP contribution in [0.5, 0.6) is 0 Å². The Kier molecular flexibility index (Phi) is 3.59. The second kappa shape index (κ2) is 5.82. The predicted octanol–water partition coefficient (Wildman–Crippen LogP) is 4.23. The van der Waals surface area contributed by atoms with Crippen LogP contribution in [0.15, 0.2) is 47.5 Å². The summed E-state index contributed by atoms with van der Waals surface area (Å²) in [6.07, 6.45) is 10.2. The lowest BCUT2D eigenvalue weighted by atomic mass is 9.36. The zero-order chi connectivity index (χ0) is 19.9. The highest BCUT2D eigenvalue weighted by molar-refractivity contribution is 6.31. The number of hydrogen-bond acceptors (Lipinski definition) is 4. The molecule has 152 valence electrons. The molecule has 3 heterocycles. The van der Waals surface area contributed by atoms with Crippen molar-refractivity contribution in [1.29, 1.82) is 0 Å². The fourth-order valence-corrected chi connectivity index (χ4v) is 6.46. The molecule has 0 radical (unpaired) electrons. The number of aromatic nitrogens is 1. The predicted molar refractivity (Wildman–Crippen MR) is 104 cm³/mol. The first-order valence-corrected chi connectivity index (χ1v) is 10.5. The average molecular weight is 417 g/mol. The number of carbonyl (C=O) groups excluding carboxylic acids is 1. The molecule has 2 bridgehead atoms. The first-order chi connectivity index (χ1) is 14.0. The summed E-state index contributed by atoms with van der Waals surface area (Å²) in [4.78, 5) is 19.3. The molecule has 5 nitrogen and oxygen atoms in total. The summed E-state index contributed by atoms with van der Waals surface area (Å²) in [5.74, 6) is -0.521. The Labute approximate surface area is 173 Å². The molecule has 1 spiro atoms. The van der Waals surface area contributed by atoms with Crippen LogP contribution in [0, 0.1) is 5.92 Å². The van der Waals surface area contributed by atoms with Gasteiger partial charge in [0.2, 0.25) is 0 Å². The summed E-state index contributed by atoms with van der Waals surface area (Å²) in [6.45, 7) is 1.05. The summed E-state index contributed by atoms with van der Waals surface area (Å²) in [6, 6.07) is 4.16. The smallest absolute Gasteiger partial charge is 0.411 e. The highest BCUT2D eigenvalue weighted by atomic mass is 35.5. The third kappa shape index (κ3) is 2.36. The molecular formula is C22H22ClFN2O3. The molecule has 2 aliphatic heterocycles. The number of cyclic esters (lactones) is 1. The number of carbonyl (C=O) groups is 1. The van der Waals surface area contributed by atoms with Crippen LogP contribution in [-0.4, -0.2) is 46.4 Å². The normalized spacial score (nSPS) is 39.5. The van der Waals surface area contributed by atoms with Gasteiger partial charge in [0.25, 0.3) is 0 Å². The molecule has 1 amide bonds. The van der Waals surface area contributed by atoms with Crippen LogP contribution in [0.2, 0.25) is 0 Å². The van der Waals surface area contributed by atoms with Gasteiger partial charge in [0.15, 0.2) is 0 Å². The molecule has 3 saturated carbocycles. The van der Waals surface area contributed by atoms with Gasteiger partial charge in [0.1, 0.15) is 11.9 Å². The third-order valence-corrected chi connectivity index (χ3v) is 7.97. The SMILES string of the molecule is O=C1OC(C2C=CC(Cl)=C(F)C2)CC2(COC2)N1C12CC(c3ccncc3)(C1)C2. The van der Waals surface area contributed by atoms with Gasteiger partial charge >= 0.3 is 6.09 Å². The minimum Gasteiger partial charge on any atom is -0.445 e. The minimum atomic E-state index is -0.351. The summed E-state index contributed by atoms with van der Waals surface area (Å²) >= 11 is 5.85. The lowest BCUT2D eigenvalue weighted by Crippen LogP contribution is -2.85. The molecule has 2 unspecified atom stereocenters. The molecule has 6 aliphatic rings. The average Bonchev–Trinajstić information content (AvgIpc) is 2.62. The molecule has 0 aromatic carbocycles. The largest absolute Gasteiger partial charge is 0.445 e. The van der Waals surface area contributed by atoms with Crippen molar-refractivity contribution in [2.75, 3.05) is 13.2 Å². The van der Waals surface area contributed by atoms with Crippen molar-refractivity contribution in [3.63, 3.8) is 0 Å². The van der Waals surface area contributed by atoms with Crippen molar-refractivity contribution in [2.24, 2.45) is 5.92 Å². The Bertz CT molecular complexity index is 923. The maximum Gasteiger partial charge on any atom is 0.411 e. The van der Waals surface area contributed by atoms with E-state index in [1.54, 1.807) is 6.08 Å². The van der Waals surface area contributed by atoms with E-state index in [-0.39, 0.29) is 51.9 Å². The topological polar surface area (TPSA) is 51.7 Å². The Morgan fingerprint density at radius 3 is 2.52 bits per heavy atom. The Balaban J connectivity index is 1.22. The standard InChI is InChI=1S/C22H22ClFN2O3/c23-16-2-1-14(7-17(16)24)18-8-21(12-28-13-21)26(19(27)29-18)22-9-20(10-22,11-22)15-3-5-25-6-4-15/h1-6,14,18H,7-13H2. The van der Waals surface area contributed by atoms with E-state index in [1.165, 1.54) is 5.56 Å². The molecule has 4 aliphatic carbocycles. The van der Waals surface area contributed by atoms with Crippen molar-refractivity contribution in [1.82, 2.24) is 9.88 Å². The molecule has 0 N–H and O–H groups in total. The second-order valence-electron chi connectivity index (χ2n) is 9.43. The van der Waals surface area contributed by atoms with Crippen LogP contribution in [0.3, 0.4) is 0 Å². The van der Waals surface area contributed by atoms with Crippen molar-refractivity contribution in [2.45, 2.75) is 54.7 Å². The molecular weight excluding hydrogens is 395 g/mol. The molecule has 29 heavy (non-hydrogen) atoms. The van der Waals surface area contributed by atoms with Gasteiger partial charge in [-0.15, -0.1) is 0 Å². The van der Waals surface area contributed by atoms with E-state index in [0.717, 1.165) is 19.3 Å². The van der Waals surface area contributed by atoms with E-state index in [2.05, 4.69) is 17.1 Å². The quantitative estimate of drug-likeness (QED) is 0.739. The molecule has 1 aromatic rings. The molecule has 1 aromatic heterocycles. The molecule has 2 atom stereocenters. The number of ether oxygens (including phenoxy) is 2. The number of amides is 1. The summed E-state index contributed by atoms with van der Waals surface area (Å²) in [7, 11) is 0. The van der Waals surface area contributed by atoms with Gasteiger partial charge in [-0.25, -0.2) is 9.18 Å². The van der Waals surface area contributed by atoms with Crippen LogP contribution in [0.25, 0.3) is 0 Å². The number of hydrogen-bond donors (Lipinski definition) is 0. The Hall–Kier alpha value is -1.92. The number of rotatable bonds is 3. The van der Waals surface area contributed by atoms with Crippen LogP contribution >= 0.6 is 11.6 Å². The second-order valence-corrected chi connectivity index (χ2v) is 9.84. The lowest BCUT2D eigenvalue weighted by Gasteiger charge is -2.77. The summed E-state index contributed by atoms with van der Waals surface area (Å²) in [5.41, 5.74) is 1.01. The van der Waals surface area contributed by atoms with Gasteiger partial charge in [0, 0.05) is 42.1 Å². The van der Waals surface area contributed by atoms with Crippen molar-refractivity contribution >= 4 is 17.7 Å². The van der Waals surface area contributed by atoms with Gasteiger partial charge in [-0.05, 0) is 43.0 Å². The Morgan fingerprint density at radius 2 is 1.90 bits per heavy atom. The lowest BCUT2D eigenvalue weighted by molar-refractivity contribution is -0.264. The fraction of sp³-hybridized carbons (Fsp3) is 0.545. The maximum absolute atomic E-state index is 14.0. The summed E-state index contributed by atoms with van der Waals surface area (Å²) in [5, 5.41) is 0.141. The first-order valence-electron chi connectivity index (χ1n) is 10.2. The zero-order valence-electron chi connectivity index (χ0n) is 15.9. The first kappa shape index (κ1) is 17.9. The highest BCUT2D eigenvalue weighted by Gasteiger charge is 2.76. The fourth-order valence-electron chi connectivity index (χ4n) is 6.31. The van der Waals surface area contributed by atoms with E-state index < -0.39 is 0 Å². The minimum absolute atomic E-state index is 0.133. The molecule has 2 saturated heterocycles. The number of pyridine rings is 1. The van der Waals surface area contributed by atoms with Gasteiger partial charge in [-0.3, -0.25) is 9.88 Å². The van der Waals surface area contributed by atoms with Crippen molar-refractivity contribution in [3.05, 3.63) is 53.1 Å². The van der Waals surface area contributed by atoms with Crippen LogP contribution in [0.4, 0.5) is 9.18 Å². The number of allylic oxidation sites excluding steroid dienone is 3. The van der Waals surface area contributed by atoms with E-state index in [4.69, 9.17) is 21.1 Å². The molecule has 7 rings (SSSR count). The maximum atomic E-state index is 14.0. The van der Waals surface area contributed by atoms with Crippen LogP contribution < -0.4 is 0 Å². The zero-order valence-corrected chi connectivity index (χ0v) is 16.7.